The summed E-state index contributed by atoms with van der Waals surface area (Å²) in [4.78, 5) is 14.3. The van der Waals surface area contributed by atoms with Crippen LogP contribution >= 0.6 is 0 Å². The average molecular weight is 290 g/mol. The Hall–Kier alpha value is -1.39. The minimum Gasteiger partial charge on any atom is -0.373 e. The predicted octanol–water partition coefficient (Wildman–Crippen LogP) is 2.74. The smallest absolute Gasteiger partial charge is 0.225 e. The number of benzene rings is 1. The van der Waals surface area contributed by atoms with Crippen molar-refractivity contribution in [3.63, 3.8) is 0 Å². The molecular weight excluding hydrogens is 264 g/mol. The fourth-order valence-electron chi connectivity index (χ4n) is 2.61. The van der Waals surface area contributed by atoms with E-state index in [-0.39, 0.29) is 11.5 Å². The molecule has 1 aliphatic rings. The van der Waals surface area contributed by atoms with Crippen molar-refractivity contribution in [3.8, 4) is 0 Å². The van der Waals surface area contributed by atoms with Gasteiger partial charge in [-0.15, -0.1) is 0 Å². The van der Waals surface area contributed by atoms with Gasteiger partial charge in [0.2, 0.25) is 5.91 Å². The van der Waals surface area contributed by atoms with Gasteiger partial charge in [0, 0.05) is 31.7 Å². The molecular formula is C17H26N2O2. The van der Waals surface area contributed by atoms with Crippen LogP contribution in [0.15, 0.2) is 18.2 Å². The monoisotopic (exact) mass is 290 g/mol. The largest absolute Gasteiger partial charge is 0.373 e. The number of morpholine rings is 1. The SMILES string of the molecule is Cc1ccc(NC(=O)CCN2CCOC(C)(C)C2)cc1C. The van der Waals surface area contributed by atoms with E-state index < -0.39 is 0 Å². The van der Waals surface area contributed by atoms with Gasteiger partial charge in [-0.1, -0.05) is 6.07 Å². The third kappa shape index (κ3) is 4.83. The summed E-state index contributed by atoms with van der Waals surface area (Å²) in [5.74, 6) is 0.0718. The molecule has 1 aromatic rings. The van der Waals surface area contributed by atoms with Gasteiger partial charge in [-0.25, -0.2) is 0 Å². The zero-order valence-electron chi connectivity index (χ0n) is 13.5. The Balaban J connectivity index is 1.80. The van der Waals surface area contributed by atoms with Crippen LogP contribution in [0.2, 0.25) is 0 Å². The normalized spacial score (nSPS) is 18.5. The van der Waals surface area contributed by atoms with Crippen LogP contribution < -0.4 is 5.32 Å². The summed E-state index contributed by atoms with van der Waals surface area (Å²) in [5.41, 5.74) is 3.21. The molecule has 1 amide bonds. The summed E-state index contributed by atoms with van der Waals surface area (Å²) in [5, 5.41) is 2.97. The van der Waals surface area contributed by atoms with Crippen LogP contribution in [-0.2, 0) is 9.53 Å². The van der Waals surface area contributed by atoms with Gasteiger partial charge in [-0.05, 0) is 51.0 Å². The van der Waals surface area contributed by atoms with Gasteiger partial charge in [0.15, 0.2) is 0 Å². The van der Waals surface area contributed by atoms with Crippen LogP contribution in [0, 0.1) is 13.8 Å². The Kier molecular flexibility index (Phi) is 5.01. The molecule has 116 valence electrons. The van der Waals surface area contributed by atoms with Crippen molar-refractivity contribution in [1.29, 1.82) is 0 Å². The summed E-state index contributed by atoms with van der Waals surface area (Å²) < 4.78 is 5.68. The van der Waals surface area contributed by atoms with Gasteiger partial charge in [0.1, 0.15) is 0 Å². The Labute approximate surface area is 127 Å². The van der Waals surface area contributed by atoms with Crippen LogP contribution in [0.1, 0.15) is 31.4 Å². The van der Waals surface area contributed by atoms with Crippen molar-refractivity contribution in [1.82, 2.24) is 4.90 Å². The average Bonchev–Trinajstić information content (AvgIpc) is 2.40. The summed E-state index contributed by atoms with van der Waals surface area (Å²) in [6.45, 7) is 11.6. The maximum Gasteiger partial charge on any atom is 0.225 e. The third-order valence-corrected chi connectivity index (χ3v) is 3.95. The molecule has 1 saturated heterocycles. The molecule has 0 atom stereocenters. The van der Waals surface area contributed by atoms with E-state index in [4.69, 9.17) is 4.74 Å². The lowest BCUT2D eigenvalue weighted by Crippen LogP contribution is -2.48. The highest BCUT2D eigenvalue weighted by molar-refractivity contribution is 5.90. The van der Waals surface area contributed by atoms with Crippen molar-refractivity contribution in [2.45, 2.75) is 39.7 Å². The highest BCUT2D eigenvalue weighted by Crippen LogP contribution is 2.17. The standard InChI is InChI=1S/C17H26N2O2/c1-13-5-6-15(11-14(13)2)18-16(20)7-8-19-9-10-21-17(3,4)12-19/h5-6,11H,7-10,12H2,1-4H3,(H,18,20). The molecule has 0 aromatic heterocycles. The second-order valence-electron chi connectivity index (χ2n) is 6.48. The van der Waals surface area contributed by atoms with E-state index in [0.29, 0.717) is 6.42 Å². The highest BCUT2D eigenvalue weighted by atomic mass is 16.5. The van der Waals surface area contributed by atoms with E-state index in [0.717, 1.165) is 31.9 Å². The summed E-state index contributed by atoms with van der Waals surface area (Å²) in [6, 6.07) is 6.01. The van der Waals surface area contributed by atoms with Crippen molar-refractivity contribution < 1.29 is 9.53 Å². The fraction of sp³-hybridized carbons (Fsp3) is 0.588. The summed E-state index contributed by atoms with van der Waals surface area (Å²) >= 11 is 0. The second kappa shape index (κ2) is 6.58. The van der Waals surface area contributed by atoms with E-state index in [1.165, 1.54) is 11.1 Å². The van der Waals surface area contributed by atoms with E-state index in [1.807, 2.05) is 18.2 Å². The van der Waals surface area contributed by atoms with Crippen molar-refractivity contribution in [3.05, 3.63) is 29.3 Å². The van der Waals surface area contributed by atoms with Gasteiger partial charge in [-0.3, -0.25) is 9.69 Å². The van der Waals surface area contributed by atoms with E-state index in [1.54, 1.807) is 0 Å². The van der Waals surface area contributed by atoms with Gasteiger partial charge in [0.05, 0.1) is 12.2 Å². The second-order valence-corrected chi connectivity index (χ2v) is 6.48. The molecule has 21 heavy (non-hydrogen) atoms. The molecule has 1 aliphatic heterocycles. The number of nitrogens with zero attached hydrogens (tertiary/aromatic N) is 1. The number of ether oxygens (including phenoxy) is 1. The van der Waals surface area contributed by atoms with Gasteiger partial charge < -0.3 is 10.1 Å². The first-order valence-electron chi connectivity index (χ1n) is 7.59. The molecule has 0 radical (unpaired) electrons. The zero-order valence-corrected chi connectivity index (χ0v) is 13.5. The molecule has 0 aliphatic carbocycles. The van der Waals surface area contributed by atoms with Gasteiger partial charge >= 0.3 is 0 Å². The lowest BCUT2D eigenvalue weighted by Gasteiger charge is -2.38. The predicted molar refractivity (Wildman–Crippen MR) is 85.6 cm³/mol. The Morgan fingerprint density at radius 3 is 2.76 bits per heavy atom. The zero-order chi connectivity index (χ0) is 15.5. The molecule has 4 nitrogen and oxygen atoms in total. The lowest BCUT2D eigenvalue weighted by molar-refractivity contribution is -0.118. The quantitative estimate of drug-likeness (QED) is 0.927. The number of aryl methyl sites for hydroxylation is 2. The van der Waals surface area contributed by atoms with E-state index in [9.17, 15) is 4.79 Å². The van der Waals surface area contributed by atoms with Crippen LogP contribution in [-0.4, -0.2) is 42.6 Å². The number of rotatable bonds is 4. The van der Waals surface area contributed by atoms with E-state index in [2.05, 4.69) is 37.9 Å². The fourth-order valence-corrected chi connectivity index (χ4v) is 2.61. The molecule has 0 spiro atoms. The summed E-state index contributed by atoms with van der Waals surface area (Å²) in [7, 11) is 0. The highest BCUT2D eigenvalue weighted by Gasteiger charge is 2.27. The first-order valence-corrected chi connectivity index (χ1v) is 7.59. The molecule has 2 rings (SSSR count). The number of nitrogens with one attached hydrogen (secondary N) is 1. The van der Waals surface area contributed by atoms with Crippen LogP contribution in [0.3, 0.4) is 0 Å². The van der Waals surface area contributed by atoms with Crippen molar-refractivity contribution in [2.75, 3.05) is 31.6 Å². The minimum atomic E-state index is -0.108. The maximum atomic E-state index is 12.0. The van der Waals surface area contributed by atoms with Gasteiger partial charge in [0.25, 0.3) is 0 Å². The first kappa shape index (κ1) is 16.0. The third-order valence-electron chi connectivity index (χ3n) is 3.95. The number of hydrogen-bond acceptors (Lipinski definition) is 3. The number of anilines is 1. The van der Waals surface area contributed by atoms with Crippen LogP contribution in [0.25, 0.3) is 0 Å². The minimum absolute atomic E-state index is 0.0718. The summed E-state index contributed by atoms with van der Waals surface area (Å²) in [6.07, 6.45) is 0.517. The molecule has 1 aromatic carbocycles. The molecule has 0 bridgehead atoms. The Morgan fingerprint density at radius 2 is 2.10 bits per heavy atom. The van der Waals surface area contributed by atoms with Gasteiger partial charge in [-0.2, -0.15) is 0 Å². The number of hydrogen-bond donors (Lipinski definition) is 1. The maximum absolute atomic E-state index is 12.0. The molecule has 1 N–H and O–H groups in total. The van der Waals surface area contributed by atoms with Crippen molar-refractivity contribution in [2.24, 2.45) is 0 Å². The number of amides is 1. The Bertz CT molecular complexity index is 512. The number of carbonyl (C=O) groups excluding carboxylic acids is 1. The molecule has 1 heterocycles. The van der Waals surface area contributed by atoms with Crippen LogP contribution in [0.4, 0.5) is 5.69 Å². The molecule has 4 heteroatoms. The van der Waals surface area contributed by atoms with E-state index >= 15 is 0 Å². The molecule has 1 fully saturated rings. The van der Waals surface area contributed by atoms with Crippen LogP contribution in [0.5, 0.6) is 0 Å². The lowest BCUT2D eigenvalue weighted by atomic mass is 10.1. The topological polar surface area (TPSA) is 41.6 Å². The molecule has 0 unspecified atom stereocenters. The van der Waals surface area contributed by atoms with Crippen molar-refractivity contribution >= 4 is 11.6 Å². The first-order chi connectivity index (χ1) is 9.85. The Morgan fingerprint density at radius 1 is 1.33 bits per heavy atom. The molecule has 0 saturated carbocycles. The number of carbonyl (C=O) groups is 1.